The molecule has 0 aliphatic carbocycles. The minimum Gasteiger partial charge on any atom is -0.444 e. The van der Waals surface area contributed by atoms with Gasteiger partial charge in [-0.2, -0.15) is 0 Å². The third-order valence-electron chi connectivity index (χ3n) is 2.53. The number of amides is 1. The predicted molar refractivity (Wildman–Crippen MR) is 74.3 cm³/mol. The van der Waals surface area contributed by atoms with Gasteiger partial charge in [-0.05, 0) is 27.2 Å². The van der Waals surface area contributed by atoms with Gasteiger partial charge in [-0.15, -0.1) is 0 Å². The van der Waals surface area contributed by atoms with Gasteiger partial charge in [0, 0.05) is 25.5 Å². The average Bonchev–Trinajstić information content (AvgIpc) is 2.71. The van der Waals surface area contributed by atoms with Crippen molar-refractivity contribution < 1.29 is 9.53 Å². The summed E-state index contributed by atoms with van der Waals surface area (Å²) in [7, 11) is 0. The van der Waals surface area contributed by atoms with Crippen molar-refractivity contribution in [3.8, 4) is 0 Å². The second-order valence-corrected chi connectivity index (χ2v) is 5.41. The van der Waals surface area contributed by atoms with E-state index in [-0.39, 0.29) is 6.04 Å². The standard InChI is InChI=1S/C12H23N5O2/c1-12(2,3)19-11(18)16-9-4-7-17(8-9)10(14)15-6-5-13/h5-6,9H,4,7-8,13H2,1-3H3,(H2,14,15)(H,16,18)/b6-5-. The Hall–Kier alpha value is -1.92. The molecule has 1 saturated heterocycles. The zero-order valence-electron chi connectivity index (χ0n) is 11.7. The molecule has 0 bridgehead atoms. The van der Waals surface area contributed by atoms with E-state index in [1.807, 2.05) is 25.7 Å². The summed E-state index contributed by atoms with van der Waals surface area (Å²) in [6.45, 7) is 6.85. The van der Waals surface area contributed by atoms with Gasteiger partial charge < -0.3 is 26.4 Å². The van der Waals surface area contributed by atoms with Crippen molar-refractivity contribution in [3.63, 3.8) is 0 Å². The van der Waals surface area contributed by atoms with Gasteiger partial charge in [-0.3, -0.25) is 0 Å². The lowest BCUT2D eigenvalue weighted by atomic mass is 10.2. The van der Waals surface area contributed by atoms with Crippen LogP contribution in [-0.4, -0.2) is 41.7 Å². The van der Waals surface area contributed by atoms with Crippen LogP contribution in [0.4, 0.5) is 4.79 Å². The molecule has 1 heterocycles. The van der Waals surface area contributed by atoms with E-state index >= 15 is 0 Å². The van der Waals surface area contributed by atoms with Gasteiger partial charge in [0.15, 0.2) is 5.96 Å². The van der Waals surface area contributed by atoms with Crippen LogP contribution < -0.4 is 16.8 Å². The number of hydrogen-bond donors (Lipinski definition) is 3. The zero-order chi connectivity index (χ0) is 14.5. The molecule has 5 N–H and O–H groups in total. The first-order valence-electron chi connectivity index (χ1n) is 6.26. The molecular weight excluding hydrogens is 246 g/mol. The molecule has 0 spiro atoms. The van der Waals surface area contributed by atoms with Crippen LogP contribution >= 0.6 is 0 Å². The third-order valence-corrected chi connectivity index (χ3v) is 2.53. The summed E-state index contributed by atoms with van der Waals surface area (Å²) in [4.78, 5) is 17.5. The van der Waals surface area contributed by atoms with E-state index in [9.17, 15) is 4.79 Å². The molecule has 1 atom stereocenters. The van der Waals surface area contributed by atoms with E-state index in [0.717, 1.165) is 13.0 Å². The molecule has 7 heteroatoms. The molecular formula is C12H23N5O2. The summed E-state index contributed by atoms with van der Waals surface area (Å²) < 4.78 is 5.20. The predicted octanol–water partition coefficient (Wildman–Crippen LogP) is 0.330. The van der Waals surface area contributed by atoms with E-state index in [1.165, 1.54) is 12.4 Å². The Labute approximate surface area is 113 Å². The van der Waals surface area contributed by atoms with E-state index in [2.05, 4.69) is 10.3 Å². The largest absolute Gasteiger partial charge is 0.444 e. The summed E-state index contributed by atoms with van der Waals surface area (Å²) in [5.41, 5.74) is 10.5. The van der Waals surface area contributed by atoms with Crippen LogP contribution in [0.15, 0.2) is 17.4 Å². The summed E-state index contributed by atoms with van der Waals surface area (Å²) in [5, 5.41) is 2.82. The van der Waals surface area contributed by atoms with E-state index in [1.54, 1.807) is 0 Å². The van der Waals surface area contributed by atoms with Crippen LogP contribution in [0.25, 0.3) is 0 Å². The van der Waals surface area contributed by atoms with Gasteiger partial charge in [-0.1, -0.05) is 0 Å². The average molecular weight is 269 g/mol. The highest BCUT2D eigenvalue weighted by molar-refractivity contribution is 5.79. The minimum atomic E-state index is -0.491. The van der Waals surface area contributed by atoms with E-state index in [0.29, 0.717) is 12.5 Å². The molecule has 0 aromatic carbocycles. The number of nitrogens with two attached hydrogens (primary N) is 2. The first-order valence-corrected chi connectivity index (χ1v) is 6.26. The van der Waals surface area contributed by atoms with Crippen molar-refractivity contribution >= 4 is 12.1 Å². The van der Waals surface area contributed by atoms with Crippen LogP contribution in [0.3, 0.4) is 0 Å². The minimum absolute atomic E-state index is 0.0189. The van der Waals surface area contributed by atoms with Gasteiger partial charge in [0.1, 0.15) is 5.60 Å². The number of carbonyl (C=O) groups is 1. The number of ether oxygens (including phenoxy) is 1. The Bertz CT molecular complexity index is 373. The summed E-state index contributed by atoms with van der Waals surface area (Å²) in [5.74, 6) is 0.398. The molecule has 1 aliphatic rings. The summed E-state index contributed by atoms with van der Waals surface area (Å²) in [6.07, 6.45) is 3.15. The molecule has 1 amide bonds. The van der Waals surface area contributed by atoms with Crippen molar-refractivity contribution in [2.75, 3.05) is 13.1 Å². The monoisotopic (exact) mass is 269 g/mol. The molecule has 108 valence electrons. The van der Waals surface area contributed by atoms with Crippen LogP contribution in [0, 0.1) is 0 Å². The molecule has 1 unspecified atom stereocenters. The fourth-order valence-electron chi connectivity index (χ4n) is 1.76. The number of guanidine groups is 1. The van der Waals surface area contributed by atoms with Gasteiger partial charge in [0.2, 0.25) is 0 Å². The van der Waals surface area contributed by atoms with Crippen LogP contribution in [0.5, 0.6) is 0 Å². The lowest BCUT2D eigenvalue weighted by Crippen LogP contribution is -2.42. The molecule has 1 fully saturated rings. The fourth-order valence-corrected chi connectivity index (χ4v) is 1.76. The summed E-state index contributed by atoms with van der Waals surface area (Å²) >= 11 is 0. The second-order valence-electron chi connectivity index (χ2n) is 5.41. The summed E-state index contributed by atoms with van der Waals surface area (Å²) in [6, 6.07) is 0.0189. The first-order chi connectivity index (χ1) is 8.81. The lowest BCUT2D eigenvalue weighted by Gasteiger charge is -2.22. The maximum Gasteiger partial charge on any atom is 0.407 e. The van der Waals surface area contributed by atoms with E-state index < -0.39 is 11.7 Å². The van der Waals surface area contributed by atoms with Crippen molar-refractivity contribution in [2.24, 2.45) is 16.5 Å². The SMILES string of the molecule is CC(C)(C)OC(=O)NC1CCN(/C(N)=N/C=C\N)C1. The topological polar surface area (TPSA) is 106 Å². The van der Waals surface area contributed by atoms with Gasteiger partial charge >= 0.3 is 6.09 Å². The molecule has 0 saturated carbocycles. The highest BCUT2D eigenvalue weighted by Gasteiger charge is 2.26. The first kappa shape index (κ1) is 15.1. The molecule has 1 rings (SSSR count). The van der Waals surface area contributed by atoms with Gasteiger partial charge in [-0.25, -0.2) is 9.79 Å². The van der Waals surface area contributed by atoms with Crippen molar-refractivity contribution in [3.05, 3.63) is 12.4 Å². The Morgan fingerprint density at radius 2 is 2.21 bits per heavy atom. The lowest BCUT2D eigenvalue weighted by molar-refractivity contribution is 0.0507. The van der Waals surface area contributed by atoms with Crippen LogP contribution in [0.1, 0.15) is 27.2 Å². The fraction of sp³-hybridized carbons (Fsp3) is 0.667. The molecule has 1 aliphatic heterocycles. The highest BCUT2D eigenvalue weighted by atomic mass is 16.6. The van der Waals surface area contributed by atoms with Crippen LogP contribution in [-0.2, 0) is 4.74 Å². The third kappa shape index (κ3) is 5.50. The Balaban J connectivity index is 2.42. The number of alkyl carbamates (subject to hydrolysis) is 1. The molecule has 7 nitrogen and oxygen atoms in total. The second kappa shape index (κ2) is 6.31. The maximum atomic E-state index is 11.6. The molecule has 0 aromatic rings. The quantitative estimate of drug-likeness (QED) is 0.495. The van der Waals surface area contributed by atoms with Gasteiger partial charge in [0.05, 0.1) is 6.04 Å². The number of likely N-dealkylation sites (tertiary alicyclic amines) is 1. The molecule has 0 aromatic heterocycles. The number of rotatable bonds is 2. The normalized spacial score (nSPS) is 20.9. The van der Waals surface area contributed by atoms with E-state index in [4.69, 9.17) is 16.2 Å². The number of carbonyl (C=O) groups excluding carboxylic acids is 1. The zero-order valence-corrected chi connectivity index (χ0v) is 11.7. The molecule has 0 radical (unpaired) electrons. The van der Waals surface area contributed by atoms with Gasteiger partial charge in [0.25, 0.3) is 0 Å². The Morgan fingerprint density at radius 1 is 1.53 bits per heavy atom. The number of nitrogens with zero attached hydrogens (tertiary/aromatic N) is 2. The Morgan fingerprint density at radius 3 is 2.79 bits per heavy atom. The maximum absolute atomic E-state index is 11.6. The van der Waals surface area contributed by atoms with Crippen molar-refractivity contribution in [1.29, 1.82) is 0 Å². The highest BCUT2D eigenvalue weighted by Crippen LogP contribution is 2.11. The molecule has 19 heavy (non-hydrogen) atoms. The Kier molecular flexibility index (Phi) is 5.02. The number of nitrogens with one attached hydrogen (secondary N) is 1. The van der Waals surface area contributed by atoms with Crippen molar-refractivity contribution in [1.82, 2.24) is 10.2 Å². The van der Waals surface area contributed by atoms with Crippen LogP contribution in [0.2, 0.25) is 0 Å². The van der Waals surface area contributed by atoms with Crippen molar-refractivity contribution in [2.45, 2.75) is 38.8 Å². The smallest absolute Gasteiger partial charge is 0.407 e. The number of aliphatic imine (C=N–C) groups is 1. The number of hydrogen-bond acceptors (Lipinski definition) is 4.